The predicted molar refractivity (Wildman–Crippen MR) is 86.7 cm³/mol. The molecule has 0 aliphatic rings. The van der Waals surface area contributed by atoms with Crippen molar-refractivity contribution in [3.05, 3.63) is 58.6 Å². The molecule has 1 unspecified atom stereocenters. The van der Waals surface area contributed by atoms with Crippen LogP contribution >= 0.6 is 11.6 Å². The summed E-state index contributed by atoms with van der Waals surface area (Å²) >= 11 is 6.02. The molecular weight excluding hydrogens is 302 g/mol. The van der Waals surface area contributed by atoms with Gasteiger partial charge in [0, 0.05) is 16.3 Å². The topological polar surface area (TPSA) is 55.4 Å². The van der Waals surface area contributed by atoms with Crippen molar-refractivity contribution in [1.82, 2.24) is 0 Å². The van der Waals surface area contributed by atoms with Gasteiger partial charge in [0.2, 0.25) is 0 Å². The number of anilines is 1. The Morgan fingerprint density at radius 1 is 1.23 bits per heavy atom. The molecule has 0 saturated heterocycles. The van der Waals surface area contributed by atoms with Crippen LogP contribution in [0.15, 0.2) is 42.5 Å². The average Bonchev–Trinajstić information content (AvgIpc) is 2.52. The van der Waals surface area contributed by atoms with Crippen LogP contribution < -0.4 is 10.1 Å². The lowest BCUT2D eigenvalue weighted by molar-refractivity contribution is -0.122. The molecule has 0 heterocycles. The molecule has 0 radical (unpaired) electrons. The number of ether oxygens (including phenoxy) is 1. The van der Waals surface area contributed by atoms with E-state index in [9.17, 15) is 9.59 Å². The van der Waals surface area contributed by atoms with Gasteiger partial charge in [-0.2, -0.15) is 0 Å². The van der Waals surface area contributed by atoms with Gasteiger partial charge in [-0.3, -0.25) is 9.59 Å². The summed E-state index contributed by atoms with van der Waals surface area (Å²) in [6.45, 7) is 3.49. The van der Waals surface area contributed by atoms with Crippen molar-refractivity contribution in [1.29, 1.82) is 0 Å². The van der Waals surface area contributed by atoms with Gasteiger partial charge in [-0.15, -0.1) is 0 Å². The Labute approximate surface area is 134 Å². The first-order valence-electron chi connectivity index (χ1n) is 6.79. The van der Waals surface area contributed by atoms with Gasteiger partial charge < -0.3 is 10.1 Å². The van der Waals surface area contributed by atoms with Crippen LogP contribution in [0.25, 0.3) is 0 Å². The van der Waals surface area contributed by atoms with Crippen molar-refractivity contribution in [2.24, 2.45) is 0 Å². The van der Waals surface area contributed by atoms with Gasteiger partial charge in [0.05, 0.1) is 0 Å². The Morgan fingerprint density at radius 3 is 2.55 bits per heavy atom. The minimum absolute atomic E-state index is 0.273. The van der Waals surface area contributed by atoms with E-state index in [1.54, 1.807) is 49.4 Å². The summed E-state index contributed by atoms with van der Waals surface area (Å²) in [6, 6.07) is 11.9. The maximum absolute atomic E-state index is 12.2. The summed E-state index contributed by atoms with van der Waals surface area (Å²) < 4.78 is 5.56. The molecule has 1 amide bonds. The zero-order valence-electron chi connectivity index (χ0n) is 12.3. The molecule has 0 spiro atoms. The standard InChI is InChI=1S/C17H16ClNO3/c1-11-15(18)4-3-5-16(11)19-17(21)12(2)22-14-8-6-13(10-20)7-9-14/h3-10,12H,1-2H3,(H,19,21). The molecule has 1 atom stereocenters. The summed E-state index contributed by atoms with van der Waals surface area (Å²) in [4.78, 5) is 22.8. The minimum Gasteiger partial charge on any atom is -0.481 e. The molecule has 2 aromatic carbocycles. The third-order valence-corrected chi connectivity index (χ3v) is 3.63. The number of nitrogens with one attached hydrogen (secondary N) is 1. The molecule has 0 aliphatic carbocycles. The van der Waals surface area contributed by atoms with Crippen molar-refractivity contribution in [2.75, 3.05) is 5.32 Å². The number of amides is 1. The lowest BCUT2D eigenvalue weighted by Gasteiger charge is -2.16. The van der Waals surface area contributed by atoms with Gasteiger partial charge in [0.15, 0.2) is 6.10 Å². The zero-order chi connectivity index (χ0) is 16.1. The first-order chi connectivity index (χ1) is 10.5. The van der Waals surface area contributed by atoms with Crippen LogP contribution in [-0.4, -0.2) is 18.3 Å². The summed E-state index contributed by atoms with van der Waals surface area (Å²) in [5.74, 6) is 0.251. The SMILES string of the molecule is Cc1c(Cl)cccc1NC(=O)C(C)Oc1ccc(C=O)cc1. The average molecular weight is 318 g/mol. The lowest BCUT2D eigenvalue weighted by Crippen LogP contribution is -2.30. The number of benzene rings is 2. The Kier molecular flexibility index (Phi) is 5.17. The van der Waals surface area contributed by atoms with Crippen LogP contribution in [-0.2, 0) is 4.79 Å². The zero-order valence-corrected chi connectivity index (χ0v) is 13.1. The summed E-state index contributed by atoms with van der Waals surface area (Å²) in [6.07, 6.45) is 0.0717. The highest BCUT2D eigenvalue weighted by molar-refractivity contribution is 6.31. The van der Waals surface area contributed by atoms with Crippen molar-refractivity contribution in [2.45, 2.75) is 20.0 Å². The molecule has 114 valence electrons. The van der Waals surface area contributed by atoms with Crippen molar-refractivity contribution in [3.8, 4) is 5.75 Å². The Bertz CT molecular complexity index is 683. The lowest BCUT2D eigenvalue weighted by atomic mass is 10.2. The van der Waals surface area contributed by atoms with Crippen LogP contribution in [0.1, 0.15) is 22.8 Å². The van der Waals surface area contributed by atoms with Crippen LogP contribution in [0.2, 0.25) is 5.02 Å². The molecule has 2 aromatic rings. The minimum atomic E-state index is -0.680. The predicted octanol–water partition coefficient (Wildman–Crippen LogP) is 3.87. The van der Waals surface area contributed by atoms with Gasteiger partial charge in [-0.1, -0.05) is 17.7 Å². The van der Waals surface area contributed by atoms with Gasteiger partial charge in [-0.05, 0) is 55.8 Å². The third kappa shape index (κ3) is 3.86. The van der Waals surface area contributed by atoms with Crippen LogP contribution in [0.3, 0.4) is 0 Å². The number of hydrogen-bond donors (Lipinski definition) is 1. The largest absolute Gasteiger partial charge is 0.481 e. The molecule has 0 bridgehead atoms. The van der Waals surface area contributed by atoms with Crippen LogP contribution in [0, 0.1) is 6.92 Å². The second kappa shape index (κ2) is 7.09. The van der Waals surface area contributed by atoms with E-state index in [0.717, 1.165) is 11.8 Å². The monoisotopic (exact) mass is 317 g/mol. The number of hydrogen-bond acceptors (Lipinski definition) is 3. The van der Waals surface area contributed by atoms with Gasteiger partial charge >= 0.3 is 0 Å². The third-order valence-electron chi connectivity index (χ3n) is 3.22. The number of aldehydes is 1. The van der Waals surface area contributed by atoms with E-state index in [2.05, 4.69) is 5.32 Å². The van der Waals surface area contributed by atoms with Gasteiger partial charge in [-0.25, -0.2) is 0 Å². The van der Waals surface area contributed by atoms with E-state index in [4.69, 9.17) is 16.3 Å². The van der Waals surface area contributed by atoms with Crippen LogP contribution in [0.5, 0.6) is 5.75 Å². The quantitative estimate of drug-likeness (QED) is 0.852. The molecule has 22 heavy (non-hydrogen) atoms. The van der Waals surface area contributed by atoms with Gasteiger partial charge in [0.25, 0.3) is 5.91 Å². The summed E-state index contributed by atoms with van der Waals surface area (Å²) in [5, 5.41) is 3.38. The van der Waals surface area contributed by atoms with E-state index < -0.39 is 6.10 Å². The van der Waals surface area contributed by atoms with E-state index in [1.165, 1.54) is 0 Å². The smallest absolute Gasteiger partial charge is 0.265 e. The van der Waals surface area contributed by atoms with E-state index in [1.807, 2.05) is 6.92 Å². The highest BCUT2D eigenvalue weighted by Gasteiger charge is 2.16. The second-order valence-electron chi connectivity index (χ2n) is 4.85. The first-order valence-corrected chi connectivity index (χ1v) is 7.17. The fraction of sp³-hybridized carbons (Fsp3) is 0.176. The molecule has 1 N–H and O–H groups in total. The number of rotatable bonds is 5. The van der Waals surface area contributed by atoms with Gasteiger partial charge in [0.1, 0.15) is 12.0 Å². The molecule has 0 aromatic heterocycles. The molecule has 2 rings (SSSR count). The Morgan fingerprint density at radius 2 is 1.91 bits per heavy atom. The molecule has 0 aliphatic heterocycles. The second-order valence-corrected chi connectivity index (χ2v) is 5.26. The normalized spacial score (nSPS) is 11.6. The molecule has 0 saturated carbocycles. The fourth-order valence-electron chi connectivity index (χ4n) is 1.86. The molecule has 5 heteroatoms. The molecule has 4 nitrogen and oxygen atoms in total. The van der Waals surface area contributed by atoms with E-state index >= 15 is 0 Å². The summed E-state index contributed by atoms with van der Waals surface area (Å²) in [7, 11) is 0. The van der Waals surface area contributed by atoms with E-state index in [-0.39, 0.29) is 5.91 Å². The number of carbonyl (C=O) groups excluding carboxylic acids is 2. The Balaban J connectivity index is 2.02. The maximum Gasteiger partial charge on any atom is 0.265 e. The fourth-order valence-corrected chi connectivity index (χ4v) is 2.03. The molecular formula is C17H16ClNO3. The highest BCUT2D eigenvalue weighted by atomic mass is 35.5. The number of halogens is 1. The summed E-state index contributed by atoms with van der Waals surface area (Å²) in [5.41, 5.74) is 2.02. The van der Waals surface area contributed by atoms with Crippen molar-refractivity contribution < 1.29 is 14.3 Å². The molecule has 0 fully saturated rings. The number of carbonyl (C=O) groups is 2. The van der Waals surface area contributed by atoms with Crippen molar-refractivity contribution >= 4 is 29.5 Å². The first kappa shape index (κ1) is 16.0. The van der Waals surface area contributed by atoms with Crippen molar-refractivity contribution in [3.63, 3.8) is 0 Å². The van der Waals surface area contributed by atoms with E-state index in [0.29, 0.717) is 22.0 Å². The van der Waals surface area contributed by atoms with Crippen LogP contribution in [0.4, 0.5) is 5.69 Å². The maximum atomic E-state index is 12.2. The highest BCUT2D eigenvalue weighted by Crippen LogP contribution is 2.23. The Hall–Kier alpha value is -2.33.